The van der Waals surface area contributed by atoms with Crippen LogP contribution in [0.25, 0.3) is 11.0 Å². The lowest BCUT2D eigenvalue weighted by atomic mass is 9.94. The van der Waals surface area contributed by atoms with Gasteiger partial charge in [0, 0.05) is 12.2 Å². The fourth-order valence-corrected chi connectivity index (χ4v) is 3.23. The van der Waals surface area contributed by atoms with Crippen molar-refractivity contribution in [3.8, 4) is 0 Å². The first-order chi connectivity index (χ1) is 10.2. The van der Waals surface area contributed by atoms with Crippen molar-refractivity contribution < 1.29 is 5.11 Å². The second-order valence-corrected chi connectivity index (χ2v) is 6.12. The molecule has 0 radical (unpaired) electrons. The number of aliphatic hydroxyl groups is 1. The molecule has 21 heavy (non-hydrogen) atoms. The van der Waals surface area contributed by atoms with Crippen LogP contribution in [0.15, 0.2) is 18.2 Å². The largest absolute Gasteiger partial charge is 0.399 e. The minimum absolute atomic E-state index is 0.0258. The molecule has 0 aliphatic carbocycles. The van der Waals surface area contributed by atoms with E-state index in [1.807, 2.05) is 18.2 Å². The van der Waals surface area contributed by atoms with Crippen LogP contribution in [0, 0.1) is 5.92 Å². The second-order valence-electron chi connectivity index (χ2n) is 6.12. The van der Waals surface area contributed by atoms with Crippen LogP contribution < -0.4 is 5.73 Å². The monoisotopic (exact) mass is 288 g/mol. The maximum Gasteiger partial charge on any atom is 0.135 e. The number of piperidine rings is 1. The second kappa shape index (κ2) is 6.03. The summed E-state index contributed by atoms with van der Waals surface area (Å²) >= 11 is 0. The van der Waals surface area contributed by atoms with E-state index >= 15 is 0 Å². The highest BCUT2D eigenvalue weighted by molar-refractivity contribution is 5.79. The van der Waals surface area contributed by atoms with Crippen molar-refractivity contribution in [2.75, 3.05) is 25.9 Å². The van der Waals surface area contributed by atoms with E-state index in [1.54, 1.807) is 0 Å². The van der Waals surface area contributed by atoms with Crippen molar-refractivity contribution in [2.24, 2.45) is 5.92 Å². The summed E-state index contributed by atoms with van der Waals surface area (Å²) in [5.74, 6) is 1.52. The Morgan fingerprint density at radius 1 is 1.33 bits per heavy atom. The van der Waals surface area contributed by atoms with Gasteiger partial charge in [-0.25, -0.2) is 4.98 Å². The molecule has 0 amide bonds. The molecule has 2 heterocycles. The Morgan fingerprint density at radius 2 is 2.10 bits per heavy atom. The molecule has 1 aliphatic rings. The lowest BCUT2D eigenvalue weighted by molar-refractivity contribution is 0.206. The third kappa shape index (κ3) is 3.04. The molecular weight excluding hydrogens is 264 g/mol. The average molecular weight is 288 g/mol. The molecule has 0 bridgehead atoms. The topological polar surface area (TPSA) is 67.3 Å². The molecule has 1 aliphatic heterocycles. The van der Waals surface area contributed by atoms with Gasteiger partial charge in [0.05, 0.1) is 11.0 Å². The van der Waals surface area contributed by atoms with Crippen molar-refractivity contribution >= 4 is 16.7 Å². The smallest absolute Gasteiger partial charge is 0.135 e. The number of hydrogen-bond donors (Lipinski definition) is 2. The van der Waals surface area contributed by atoms with Gasteiger partial charge in [0.1, 0.15) is 12.4 Å². The molecule has 1 aromatic heterocycles. The van der Waals surface area contributed by atoms with E-state index in [1.165, 1.54) is 25.9 Å². The molecule has 5 heteroatoms. The number of aromatic nitrogens is 2. The molecule has 1 saturated heterocycles. The predicted octanol–water partition coefficient (Wildman–Crippen LogP) is 1.84. The maximum atomic E-state index is 9.54. The van der Waals surface area contributed by atoms with Crippen molar-refractivity contribution in [3.63, 3.8) is 0 Å². The van der Waals surface area contributed by atoms with Gasteiger partial charge in [-0.05, 0) is 63.5 Å². The fourth-order valence-electron chi connectivity index (χ4n) is 3.23. The standard InChI is InChI=1S/C16H24N4O/c1-19-7-4-12(5-8-19)6-9-20-15-3-2-13(17)10-14(15)18-16(20)11-21/h2-3,10,12,21H,4-9,11,17H2,1H3. The molecule has 1 fully saturated rings. The van der Waals surface area contributed by atoms with E-state index in [9.17, 15) is 5.11 Å². The summed E-state index contributed by atoms with van der Waals surface area (Å²) in [4.78, 5) is 6.89. The molecule has 0 spiro atoms. The minimum Gasteiger partial charge on any atom is -0.399 e. The van der Waals surface area contributed by atoms with Gasteiger partial charge in [-0.15, -0.1) is 0 Å². The van der Waals surface area contributed by atoms with E-state index in [4.69, 9.17) is 5.73 Å². The Bertz CT molecular complexity index is 614. The quantitative estimate of drug-likeness (QED) is 0.843. The SMILES string of the molecule is CN1CCC(CCn2c(CO)nc3cc(N)ccc32)CC1. The number of benzene rings is 1. The molecule has 5 nitrogen and oxygen atoms in total. The number of fused-ring (bicyclic) bond motifs is 1. The normalized spacial score (nSPS) is 17.6. The number of imidazole rings is 1. The van der Waals surface area contributed by atoms with Crippen molar-refractivity contribution in [1.29, 1.82) is 0 Å². The highest BCUT2D eigenvalue weighted by atomic mass is 16.3. The first-order valence-electron chi connectivity index (χ1n) is 7.71. The Kier molecular flexibility index (Phi) is 4.12. The first kappa shape index (κ1) is 14.4. The first-order valence-corrected chi connectivity index (χ1v) is 7.71. The Hall–Kier alpha value is -1.59. The summed E-state index contributed by atoms with van der Waals surface area (Å²) in [5, 5.41) is 9.54. The summed E-state index contributed by atoms with van der Waals surface area (Å²) in [6.07, 6.45) is 3.69. The molecule has 1 aromatic carbocycles. The third-order valence-electron chi connectivity index (χ3n) is 4.59. The highest BCUT2D eigenvalue weighted by Crippen LogP contribution is 2.24. The fraction of sp³-hybridized carbons (Fsp3) is 0.562. The van der Waals surface area contributed by atoms with E-state index in [2.05, 4.69) is 21.5 Å². The lowest BCUT2D eigenvalue weighted by Gasteiger charge is -2.29. The van der Waals surface area contributed by atoms with Crippen molar-refractivity contribution in [2.45, 2.75) is 32.4 Å². The van der Waals surface area contributed by atoms with Crippen molar-refractivity contribution in [3.05, 3.63) is 24.0 Å². The van der Waals surface area contributed by atoms with Gasteiger partial charge < -0.3 is 20.3 Å². The number of anilines is 1. The Balaban J connectivity index is 1.76. The minimum atomic E-state index is -0.0258. The number of rotatable bonds is 4. The number of nitrogens with zero attached hydrogens (tertiary/aromatic N) is 3. The zero-order valence-corrected chi connectivity index (χ0v) is 12.6. The van der Waals surface area contributed by atoms with Gasteiger partial charge in [-0.3, -0.25) is 0 Å². The maximum absolute atomic E-state index is 9.54. The van der Waals surface area contributed by atoms with Crippen LogP contribution in [-0.2, 0) is 13.2 Å². The summed E-state index contributed by atoms with van der Waals surface area (Å²) in [7, 11) is 2.19. The zero-order valence-electron chi connectivity index (χ0n) is 12.6. The molecule has 2 aromatic rings. The van der Waals surface area contributed by atoms with Gasteiger partial charge >= 0.3 is 0 Å². The number of likely N-dealkylation sites (tertiary alicyclic amines) is 1. The molecule has 3 N–H and O–H groups in total. The van der Waals surface area contributed by atoms with Gasteiger partial charge in [-0.1, -0.05) is 0 Å². The van der Waals surface area contributed by atoms with E-state index in [-0.39, 0.29) is 6.61 Å². The zero-order chi connectivity index (χ0) is 14.8. The predicted molar refractivity (Wildman–Crippen MR) is 84.9 cm³/mol. The molecule has 0 atom stereocenters. The molecule has 3 rings (SSSR count). The Morgan fingerprint density at radius 3 is 2.81 bits per heavy atom. The summed E-state index contributed by atoms with van der Waals surface area (Å²) < 4.78 is 2.15. The van der Waals surface area contributed by atoms with E-state index in [0.717, 1.165) is 35.7 Å². The van der Waals surface area contributed by atoms with Crippen LogP contribution in [0.5, 0.6) is 0 Å². The summed E-state index contributed by atoms with van der Waals surface area (Å²) in [6, 6.07) is 5.78. The summed E-state index contributed by atoms with van der Waals surface area (Å²) in [6.45, 7) is 3.28. The van der Waals surface area contributed by atoms with Gasteiger partial charge in [0.2, 0.25) is 0 Å². The molecule has 0 saturated carbocycles. The third-order valence-corrected chi connectivity index (χ3v) is 4.59. The van der Waals surface area contributed by atoms with Crippen LogP contribution in [0.2, 0.25) is 0 Å². The summed E-state index contributed by atoms with van der Waals surface area (Å²) in [5.41, 5.74) is 8.47. The highest BCUT2D eigenvalue weighted by Gasteiger charge is 2.18. The number of aliphatic hydroxyl groups excluding tert-OH is 1. The van der Waals surface area contributed by atoms with Crippen LogP contribution in [0.1, 0.15) is 25.1 Å². The van der Waals surface area contributed by atoms with E-state index in [0.29, 0.717) is 5.69 Å². The molecule has 114 valence electrons. The van der Waals surface area contributed by atoms with Crippen LogP contribution in [0.3, 0.4) is 0 Å². The average Bonchev–Trinajstić information content (AvgIpc) is 2.83. The van der Waals surface area contributed by atoms with Crippen molar-refractivity contribution in [1.82, 2.24) is 14.5 Å². The number of aryl methyl sites for hydroxylation is 1. The number of hydrogen-bond acceptors (Lipinski definition) is 4. The number of nitrogen functional groups attached to an aromatic ring is 1. The van der Waals surface area contributed by atoms with Crippen LogP contribution in [0.4, 0.5) is 5.69 Å². The molecular formula is C16H24N4O. The number of nitrogens with two attached hydrogens (primary N) is 1. The van der Waals surface area contributed by atoms with Crippen LogP contribution >= 0.6 is 0 Å². The van der Waals surface area contributed by atoms with Crippen LogP contribution in [-0.4, -0.2) is 39.7 Å². The van der Waals surface area contributed by atoms with Gasteiger partial charge in [0.25, 0.3) is 0 Å². The van der Waals surface area contributed by atoms with Gasteiger partial charge in [0.15, 0.2) is 0 Å². The van der Waals surface area contributed by atoms with Gasteiger partial charge in [-0.2, -0.15) is 0 Å². The lowest BCUT2D eigenvalue weighted by Crippen LogP contribution is -2.30. The Labute approximate surface area is 125 Å². The molecule has 0 unspecified atom stereocenters. The van der Waals surface area contributed by atoms with E-state index < -0.39 is 0 Å².